The fourth-order valence-electron chi connectivity index (χ4n) is 2.49. The maximum Gasteiger partial charge on any atom is 0.308 e. The minimum atomic E-state index is -0.961. The lowest BCUT2D eigenvalue weighted by Gasteiger charge is -2.23. The van der Waals surface area contributed by atoms with Gasteiger partial charge in [0.15, 0.2) is 0 Å². The Morgan fingerprint density at radius 1 is 1.12 bits per heavy atom. The zero-order valence-electron chi connectivity index (χ0n) is 13.7. The van der Waals surface area contributed by atoms with Crippen LogP contribution in [0.2, 0.25) is 0 Å². The summed E-state index contributed by atoms with van der Waals surface area (Å²) in [6, 6.07) is 15.6. The highest BCUT2D eigenvalue weighted by atomic mass is 16.5. The van der Waals surface area contributed by atoms with E-state index in [1.54, 1.807) is 32.2 Å². The van der Waals surface area contributed by atoms with E-state index in [0.717, 1.165) is 11.1 Å². The van der Waals surface area contributed by atoms with Gasteiger partial charge in [0.05, 0.1) is 18.6 Å². The average Bonchev–Trinajstić information content (AvgIpc) is 2.60. The first-order valence-corrected chi connectivity index (χ1v) is 7.69. The first-order chi connectivity index (χ1) is 11.5. The predicted octanol–water partition coefficient (Wildman–Crippen LogP) is 3.02. The molecule has 0 aromatic heterocycles. The van der Waals surface area contributed by atoms with Gasteiger partial charge in [0.25, 0.3) is 5.91 Å². The number of hydrogen-bond acceptors (Lipinski definition) is 3. The van der Waals surface area contributed by atoms with Gasteiger partial charge in [-0.25, -0.2) is 0 Å². The zero-order chi connectivity index (χ0) is 17.5. The molecule has 0 saturated heterocycles. The van der Waals surface area contributed by atoms with E-state index < -0.39 is 17.9 Å². The van der Waals surface area contributed by atoms with Crippen LogP contribution in [-0.4, -0.2) is 24.1 Å². The maximum absolute atomic E-state index is 12.6. The third-order valence-corrected chi connectivity index (χ3v) is 3.83. The first kappa shape index (κ1) is 17.7. The second-order valence-corrected chi connectivity index (χ2v) is 5.62. The Morgan fingerprint density at radius 3 is 2.46 bits per heavy atom. The van der Waals surface area contributed by atoms with E-state index in [1.165, 1.54) is 0 Å². The number of nitrogens with one attached hydrogen (secondary N) is 1. The molecule has 5 heteroatoms. The molecule has 2 aromatic rings. The molecule has 126 valence electrons. The molecule has 0 aliphatic heterocycles. The molecule has 2 rings (SSSR count). The number of carboxylic acids is 1. The van der Waals surface area contributed by atoms with Gasteiger partial charge >= 0.3 is 5.97 Å². The Labute approximate surface area is 141 Å². The number of carboxylic acid groups (broad SMARTS) is 1. The molecule has 0 fully saturated rings. The molecule has 2 atom stereocenters. The molecule has 1 amide bonds. The van der Waals surface area contributed by atoms with E-state index in [-0.39, 0.29) is 5.91 Å². The van der Waals surface area contributed by atoms with E-state index in [4.69, 9.17) is 4.74 Å². The van der Waals surface area contributed by atoms with Gasteiger partial charge in [-0.1, -0.05) is 42.5 Å². The molecular formula is C19H21NO4. The molecular weight excluding hydrogens is 306 g/mol. The maximum atomic E-state index is 12.6. The molecule has 0 saturated carbocycles. The van der Waals surface area contributed by atoms with Gasteiger partial charge in [-0.2, -0.15) is 0 Å². The Kier molecular flexibility index (Phi) is 6.09. The topological polar surface area (TPSA) is 75.6 Å². The van der Waals surface area contributed by atoms with E-state index in [0.29, 0.717) is 12.2 Å². The second kappa shape index (κ2) is 8.26. The molecule has 0 bridgehead atoms. The van der Waals surface area contributed by atoms with Crippen LogP contribution in [0.15, 0.2) is 54.6 Å². The summed E-state index contributed by atoms with van der Waals surface area (Å²) >= 11 is 0. The number of methoxy groups -OCH3 is 1. The van der Waals surface area contributed by atoms with Gasteiger partial charge in [0.2, 0.25) is 0 Å². The highest BCUT2D eigenvalue weighted by molar-refractivity contribution is 5.95. The van der Waals surface area contributed by atoms with Gasteiger partial charge in [-0.15, -0.1) is 0 Å². The largest absolute Gasteiger partial charge is 0.481 e. The summed E-state index contributed by atoms with van der Waals surface area (Å²) in [7, 11) is 1.59. The fourth-order valence-corrected chi connectivity index (χ4v) is 2.49. The summed E-state index contributed by atoms with van der Waals surface area (Å²) in [5.41, 5.74) is 2.12. The highest BCUT2D eigenvalue weighted by Gasteiger charge is 2.27. The molecule has 24 heavy (non-hydrogen) atoms. The van der Waals surface area contributed by atoms with Crippen molar-refractivity contribution in [3.8, 4) is 0 Å². The molecule has 0 radical (unpaired) electrons. The number of amides is 1. The second-order valence-electron chi connectivity index (χ2n) is 5.62. The number of hydrogen-bond donors (Lipinski definition) is 2. The molecule has 2 aromatic carbocycles. The van der Waals surface area contributed by atoms with E-state index in [2.05, 4.69) is 5.32 Å². The van der Waals surface area contributed by atoms with Gasteiger partial charge in [-0.05, 0) is 30.2 Å². The lowest BCUT2D eigenvalue weighted by atomic mass is 9.94. The number of rotatable bonds is 7. The predicted molar refractivity (Wildman–Crippen MR) is 90.6 cm³/mol. The third kappa shape index (κ3) is 4.43. The molecule has 0 heterocycles. The summed E-state index contributed by atoms with van der Waals surface area (Å²) in [6.07, 6.45) is 0. The van der Waals surface area contributed by atoms with Crippen molar-refractivity contribution in [2.24, 2.45) is 5.92 Å². The van der Waals surface area contributed by atoms with Crippen molar-refractivity contribution < 1.29 is 19.4 Å². The van der Waals surface area contributed by atoms with Gasteiger partial charge in [0, 0.05) is 12.7 Å². The van der Waals surface area contributed by atoms with E-state index in [9.17, 15) is 14.7 Å². The average molecular weight is 327 g/mol. The van der Waals surface area contributed by atoms with Gasteiger partial charge in [0.1, 0.15) is 0 Å². The van der Waals surface area contributed by atoms with Crippen molar-refractivity contribution in [3.63, 3.8) is 0 Å². The molecule has 0 aliphatic rings. The smallest absolute Gasteiger partial charge is 0.308 e. The first-order valence-electron chi connectivity index (χ1n) is 7.69. The number of carbonyl (C=O) groups is 2. The van der Waals surface area contributed by atoms with Crippen LogP contribution >= 0.6 is 0 Å². The summed E-state index contributed by atoms with van der Waals surface area (Å²) in [6.45, 7) is 2.00. The van der Waals surface area contributed by atoms with Crippen molar-refractivity contribution in [3.05, 3.63) is 71.3 Å². The lowest BCUT2D eigenvalue weighted by molar-refractivity contribution is -0.142. The van der Waals surface area contributed by atoms with Gasteiger partial charge < -0.3 is 15.2 Å². The van der Waals surface area contributed by atoms with Crippen molar-refractivity contribution in [2.75, 3.05) is 7.11 Å². The number of benzene rings is 2. The lowest BCUT2D eigenvalue weighted by Crippen LogP contribution is -2.35. The van der Waals surface area contributed by atoms with Crippen LogP contribution in [0.1, 0.15) is 34.5 Å². The monoisotopic (exact) mass is 327 g/mol. The van der Waals surface area contributed by atoms with Crippen LogP contribution in [0, 0.1) is 5.92 Å². The third-order valence-electron chi connectivity index (χ3n) is 3.83. The fraction of sp³-hybridized carbons (Fsp3) is 0.263. The van der Waals surface area contributed by atoms with Gasteiger partial charge in [-0.3, -0.25) is 9.59 Å². The molecule has 5 nitrogen and oxygen atoms in total. The summed E-state index contributed by atoms with van der Waals surface area (Å²) in [5, 5.41) is 12.2. The minimum absolute atomic E-state index is 0.310. The van der Waals surface area contributed by atoms with Crippen molar-refractivity contribution in [1.82, 2.24) is 5.32 Å². The number of carbonyl (C=O) groups excluding carboxylic acids is 1. The Morgan fingerprint density at radius 2 is 1.83 bits per heavy atom. The number of ether oxygens (including phenoxy) is 1. The zero-order valence-corrected chi connectivity index (χ0v) is 13.7. The Hall–Kier alpha value is -2.66. The van der Waals surface area contributed by atoms with Crippen LogP contribution in [0.5, 0.6) is 0 Å². The standard InChI is InChI=1S/C19H21NO4/c1-13(19(22)23)17(15-8-4-3-5-9-15)20-18(21)16-10-6-7-14(11-16)12-24-2/h3-11,13,17H,12H2,1-2H3,(H,20,21)(H,22,23). The molecule has 0 spiro atoms. The summed E-state index contributed by atoms with van der Waals surface area (Å²) in [5.74, 6) is -2.02. The quantitative estimate of drug-likeness (QED) is 0.819. The van der Waals surface area contributed by atoms with E-state index in [1.807, 2.05) is 36.4 Å². The Balaban J connectivity index is 2.24. The SMILES string of the molecule is COCc1cccc(C(=O)NC(c2ccccc2)C(C)C(=O)O)c1. The summed E-state index contributed by atoms with van der Waals surface area (Å²) in [4.78, 5) is 24.0. The molecule has 2 unspecified atom stereocenters. The van der Waals surface area contributed by atoms with E-state index >= 15 is 0 Å². The van der Waals surface area contributed by atoms with Crippen LogP contribution in [-0.2, 0) is 16.1 Å². The van der Waals surface area contributed by atoms with Crippen molar-refractivity contribution >= 4 is 11.9 Å². The number of aliphatic carboxylic acids is 1. The minimum Gasteiger partial charge on any atom is -0.481 e. The van der Waals surface area contributed by atoms with Crippen molar-refractivity contribution in [2.45, 2.75) is 19.6 Å². The van der Waals surface area contributed by atoms with Crippen LogP contribution in [0.25, 0.3) is 0 Å². The van der Waals surface area contributed by atoms with Crippen LogP contribution in [0.4, 0.5) is 0 Å². The van der Waals surface area contributed by atoms with Crippen LogP contribution in [0.3, 0.4) is 0 Å². The molecule has 0 aliphatic carbocycles. The Bertz CT molecular complexity index is 700. The van der Waals surface area contributed by atoms with Crippen LogP contribution < -0.4 is 5.32 Å². The highest BCUT2D eigenvalue weighted by Crippen LogP contribution is 2.23. The molecule has 2 N–H and O–H groups in total. The summed E-state index contributed by atoms with van der Waals surface area (Å²) < 4.78 is 5.07. The van der Waals surface area contributed by atoms with Crippen molar-refractivity contribution in [1.29, 1.82) is 0 Å². The normalized spacial score (nSPS) is 13.1.